The molecule has 0 aliphatic carbocycles. The molecule has 4 heterocycles. The number of thiazole rings is 1. The Morgan fingerprint density at radius 1 is 1.19 bits per heavy atom. The van der Waals surface area contributed by atoms with Gasteiger partial charge >= 0.3 is 0 Å². The first-order valence-corrected chi connectivity index (χ1v) is 9.95. The second kappa shape index (κ2) is 8.53. The van der Waals surface area contributed by atoms with Crippen molar-refractivity contribution in [1.29, 1.82) is 0 Å². The van der Waals surface area contributed by atoms with Crippen LogP contribution in [0.15, 0.2) is 46.7 Å². The lowest BCUT2D eigenvalue weighted by Crippen LogP contribution is -2.42. The predicted molar refractivity (Wildman–Crippen MR) is 102 cm³/mol. The second-order valence-corrected chi connectivity index (χ2v) is 7.41. The number of likely N-dealkylation sites (tertiary alicyclic amines) is 1. The molecule has 7 heteroatoms. The quantitative estimate of drug-likeness (QED) is 0.691. The SMILES string of the molecule is c1cnc(-c2nc(CCNC3CCN(Cc4ccco4)CC3)cs2)nc1. The van der Waals surface area contributed by atoms with E-state index in [2.05, 4.69) is 30.5 Å². The number of piperidine rings is 1. The molecule has 0 spiro atoms. The van der Waals surface area contributed by atoms with Gasteiger partial charge in [0.1, 0.15) is 5.76 Å². The molecule has 0 atom stereocenters. The lowest BCUT2D eigenvalue weighted by Gasteiger charge is -2.31. The van der Waals surface area contributed by atoms with Gasteiger partial charge in [-0.25, -0.2) is 15.0 Å². The van der Waals surface area contributed by atoms with Gasteiger partial charge in [0.25, 0.3) is 0 Å². The Bertz CT molecular complexity index is 781. The summed E-state index contributed by atoms with van der Waals surface area (Å²) in [4.78, 5) is 15.6. The Balaban J connectivity index is 1.18. The van der Waals surface area contributed by atoms with Crippen LogP contribution < -0.4 is 5.32 Å². The first kappa shape index (κ1) is 17.3. The molecule has 0 unspecified atom stereocenters. The van der Waals surface area contributed by atoms with Gasteiger partial charge in [-0.3, -0.25) is 4.90 Å². The molecule has 0 aromatic carbocycles. The van der Waals surface area contributed by atoms with E-state index < -0.39 is 0 Å². The zero-order valence-electron chi connectivity index (χ0n) is 14.7. The summed E-state index contributed by atoms with van der Waals surface area (Å²) in [6, 6.07) is 6.42. The number of nitrogens with zero attached hydrogens (tertiary/aromatic N) is 4. The van der Waals surface area contributed by atoms with Crippen molar-refractivity contribution in [2.24, 2.45) is 0 Å². The van der Waals surface area contributed by atoms with Crippen LogP contribution in [0.5, 0.6) is 0 Å². The molecule has 6 nitrogen and oxygen atoms in total. The van der Waals surface area contributed by atoms with E-state index in [0.717, 1.165) is 49.1 Å². The maximum absolute atomic E-state index is 5.44. The zero-order valence-corrected chi connectivity index (χ0v) is 15.5. The van der Waals surface area contributed by atoms with E-state index in [1.165, 1.54) is 12.8 Å². The van der Waals surface area contributed by atoms with Gasteiger partial charge in [0.15, 0.2) is 10.8 Å². The van der Waals surface area contributed by atoms with Gasteiger partial charge in [-0.1, -0.05) is 0 Å². The maximum Gasteiger partial charge on any atom is 0.188 e. The summed E-state index contributed by atoms with van der Waals surface area (Å²) < 4.78 is 5.44. The minimum atomic E-state index is 0.596. The highest BCUT2D eigenvalue weighted by molar-refractivity contribution is 7.13. The molecule has 26 heavy (non-hydrogen) atoms. The molecular weight excluding hydrogens is 346 g/mol. The van der Waals surface area contributed by atoms with Gasteiger partial charge in [-0.2, -0.15) is 0 Å². The normalized spacial score (nSPS) is 16.2. The second-order valence-electron chi connectivity index (χ2n) is 6.55. The standard InChI is InChI=1S/C19H23N5OS/c1-3-17(25-12-1)13-24-10-5-15(6-11-24)20-9-4-16-14-26-19(23-16)18-21-7-2-8-22-18/h1-3,7-8,12,14-15,20H,4-6,9-11,13H2. The molecule has 1 N–H and O–H groups in total. The number of rotatable bonds is 7. The van der Waals surface area contributed by atoms with E-state index in [1.54, 1.807) is 30.0 Å². The molecule has 1 aliphatic rings. The monoisotopic (exact) mass is 369 g/mol. The minimum absolute atomic E-state index is 0.596. The number of furan rings is 1. The highest BCUT2D eigenvalue weighted by Gasteiger charge is 2.19. The van der Waals surface area contributed by atoms with Crippen LogP contribution in [0.25, 0.3) is 10.8 Å². The van der Waals surface area contributed by atoms with Crippen molar-refractivity contribution in [2.75, 3.05) is 19.6 Å². The average molecular weight is 369 g/mol. The van der Waals surface area contributed by atoms with Crippen LogP contribution in [0, 0.1) is 0 Å². The Morgan fingerprint density at radius 3 is 2.81 bits per heavy atom. The Hall–Kier alpha value is -2.09. The lowest BCUT2D eigenvalue weighted by atomic mass is 10.0. The van der Waals surface area contributed by atoms with Crippen LogP contribution in [-0.4, -0.2) is 45.5 Å². The third-order valence-corrected chi connectivity index (χ3v) is 5.56. The summed E-state index contributed by atoms with van der Waals surface area (Å²) in [6.45, 7) is 4.11. The van der Waals surface area contributed by atoms with E-state index in [0.29, 0.717) is 11.9 Å². The Morgan fingerprint density at radius 2 is 2.04 bits per heavy atom. The predicted octanol–water partition coefficient (Wildman–Crippen LogP) is 2.99. The Labute approximate surface area is 157 Å². The van der Waals surface area contributed by atoms with Gasteiger partial charge in [-0.05, 0) is 31.0 Å². The topological polar surface area (TPSA) is 67.1 Å². The van der Waals surface area contributed by atoms with Crippen LogP contribution in [0.2, 0.25) is 0 Å². The summed E-state index contributed by atoms with van der Waals surface area (Å²) in [5.41, 5.74) is 1.11. The molecule has 0 radical (unpaired) electrons. The van der Waals surface area contributed by atoms with E-state index in [1.807, 2.05) is 18.2 Å². The summed E-state index contributed by atoms with van der Waals surface area (Å²) in [6.07, 6.45) is 8.56. The fourth-order valence-corrected chi connectivity index (χ4v) is 4.06. The van der Waals surface area contributed by atoms with Crippen molar-refractivity contribution in [1.82, 2.24) is 25.2 Å². The van der Waals surface area contributed by atoms with Gasteiger partial charge in [0, 0.05) is 49.9 Å². The molecule has 0 amide bonds. The third-order valence-electron chi connectivity index (χ3n) is 4.67. The van der Waals surface area contributed by atoms with Gasteiger partial charge in [0.05, 0.1) is 18.5 Å². The van der Waals surface area contributed by atoms with Crippen molar-refractivity contribution in [3.05, 3.63) is 53.7 Å². The molecule has 0 saturated carbocycles. The van der Waals surface area contributed by atoms with E-state index in [-0.39, 0.29) is 0 Å². The number of nitrogens with one attached hydrogen (secondary N) is 1. The Kier molecular flexibility index (Phi) is 5.68. The number of aromatic nitrogens is 3. The highest BCUT2D eigenvalue weighted by Crippen LogP contribution is 2.20. The third kappa shape index (κ3) is 4.55. The smallest absolute Gasteiger partial charge is 0.188 e. The summed E-state index contributed by atoms with van der Waals surface area (Å²) in [5.74, 6) is 1.76. The number of hydrogen-bond acceptors (Lipinski definition) is 7. The van der Waals surface area contributed by atoms with Gasteiger partial charge < -0.3 is 9.73 Å². The van der Waals surface area contributed by atoms with Crippen molar-refractivity contribution >= 4 is 11.3 Å². The van der Waals surface area contributed by atoms with E-state index in [9.17, 15) is 0 Å². The van der Waals surface area contributed by atoms with Crippen LogP contribution in [0.4, 0.5) is 0 Å². The lowest BCUT2D eigenvalue weighted by molar-refractivity contribution is 0.179. The summed E-state index contributed by atoms with van der Waals surface area (Å²) >= 11 is 1.61. The number of hydrogen-bond donors (Lipinski definition) is 1. The van der Waals surface area contributed by atoms with Crippen LogP contribution in [0.3, 0.4) is 0 Å². The molecule has 0 bridgehead atoms. The van der Waals surface area contributed by atoms with Crippen molar-refractivity contribution in [2.45, 2.75) is 31.8 Å². The van der Waals surface area contributed by atoms with Crippen molar-refractivity contribution in [3.8, 4) is 10.8 Å². The van der Waals surface area contributed by atoms with Gasteiger partial charge in [0.2, 0.25) is 0 Å². The molecule has 3 aromatic heterocycles. The zero-order chi connectivity index (χ0) is 17.6. The summed E-state index contributed by atoms with van der Waals surface area (Å²) in [5, 5.41) is 6.69. The van der Waals surface area contributed by atoms with Gasteiger partial charge in [-0.15, -0.1) is 11.3 Å². The fourth-order valence-electron chi connectivity index (χ4n) is 3.26. The largest absolute Gasteiger partial charge is 0.468 e. The van der Waals surface area contributed by atoms with Crippen molar-refractivity contribution < 1.29 is 4.42 Å². The first-order valence-electron chi connectivity index (χ1n) is 9.07. The molecule has 1 aliphatic heterocycles. The molecule has 3 aromatic rings. The van der Waals surface area contributed by atoms with Crippen LogP contribution >= 0.6 is 11.3 Å². The van der Waals surface area contributed by atoms with Crippen LogP contribution in [0.1, 0.15) is 24.3 Å². The first-order chi connectivity index (χ1) is 12.9. The highest BCUT2D eigenvalue weighted by atomic mass is 32.1. The van der Waals surface area contributed by atoms with Crippen molar-refractivity contribution in [3.63, 3.8) is 0 Å². The molecular formula is C19H23N5OS. The van der Waals surface area contributed by atoms with E-state index >= 15 is 0 Å². The summed E-state index contributed by atoms with van der Waals surface area (Å²) in [7, 11) is 0. The van der Waals surface area contributed by atoms with E-state index in [4.69, 9.17) is 4.42 Å². The minimum Gasteiger partial charge on any atom is -0.468 e. The maximum atomic E-state index is 5.44. The molecule has 136 valence electrons. The molecule has 4 rings (SSSR count). The molecule has 1 saturated heterocycles. The molecule has 1 fully saturated rings. The van der Waals surface area contributed by atoms with Crippen LogP contribution in [-0.2, 0) is 13.0 Å². The average Bonchev–Trinajstić information content (AvgIpc) is 3.36. The fraction of sp³-hybridized carbons (Fsp3) is 0.421.